The first-order valence-electron chi connectivity index (χ1n) is 6.48. The van der Waals surface area contributed by atoms with Gasteiger partial charge in [-0.25, -0.2) is 4.79 Å². The number of rotatable bonds is 4. The average molecular weight is 296 g/mol. The van der Waals surface area contributed by atoms with Crippen molar-refractivity contribution in [3.8, 4) is 11.3 Å². The highest BCUT2D eigenvalue weighted by Gasteiger charge is 2.17. The maximum absolute atomic E-state index is 11.3. The average Bonchev–Trinajstić information content (AvgIpc) is 2.98. The van der Waals surface area contributed by atoms with E-state index in [0.717, 1.165) is 10.9 Å². The molecule has 0 aliphatic heterocycles. The van der Waals surface area contributed by atoms with E-state index in [9.17, 15) is 9.90 Å². The van der Waals surface area contributed by atoms with Crippen molar-refractivity contribution in [1.82, 2.24) is 0 Å². The van der Waals surface area contributed by atoms with Crippen molar-refractivity contribution >= 4 is 25.2 Å². The fraction of sp³-hybridized carbons (Fsp3) is 0. The topological polar surface area (TPSA) is 50.4 Å². The molecule has 0 spiro atoms. The summed E-state index contributed by atoms with van der Waals surface area (Å²) in [5, 5.41) is 11.5. The van der Waals surface area contributed by atoms with Gasteiger partial charge < -0.3 is 9.52 Å². The molecule has 104 valence electrons. The molecule has 1 atom stereocenters. The van der Waals surface area contributed by atoms with Crippen molar-refractivity contribution in [1.29, 1.82) is 0 Å². The van der Waals surface area contributed by atoms with E-state index in [2.05, 4.69) is 12.1 Å². The van der Waals surface area contributed by atoms with E-state index in [0.29, 0.717) is 14.3 Å². The van der Waals surface area contributed by atoms with Crippen LogP contribution in [0.3, 0.4) is 0 Å². The molecule has 3 rings (SSSR count). The van der Waals surface area contributed by atoms with Crippen molar-refractivity contribution < 1.29 is 14.3 Å². The molecule has 0 bridgehead atoms. The molecule has 2 aromatic carbocycles. The van der Waals surface area contributed by atoms with Gasteiger partial charge in [-0.15, -0.1) is 0 Å². The zero-order chi connectivity index (χ0) is 14.7. The van der Waals surface area contributed by atoms with E-state index in [1.54, 1.807) is 0 Å². The van der Waals surface area contributed by atoms with Crippen molar-refractivity contribution in [2.75, 3.05) is 0 Å². The Balaban J connectivity index is 2.04. The lowest BCUT2D eigenvalue weighted by Crippen LogP contribution is -2.07. The molecule has 0 aliphatic carbocycles. The van der Waals surface area contributed by atoms with Crippen molar-refractivity contribution in [2.45, 2.75) is 0 Å². The van der Waals surface area contributed by atoms with Gasteiger partial charge >= 0.3 is 5.97 Å². The maximum Gasteiger partial charge on any atom is 0.339 e. The van der Waals surface area contributed by atoms with E-state index in [1.165, 1.54) is 17.6 Å². The number of aromatic carboxylic acids is 1. The van der Waals surface area contributed by atoms with Crippen LogP contribution in [0.2, 0.25) is 0 Å². The van der Waals surface area contributed by atoms with Crippen LogP contribution >= 0.6 is 8.58 Å². The quantitative estimate of drug-likeness (QED) is 0.752. The van der Waals surface area contributed by atoms with E-state index in [-0.39, 0.29) is 5.56 Å². The minimum absolute atomic E-state index is 0.195. The standard InChI is InChI=1S/C17H13O3P/c18-17(19)14-10-11-20-16(14)13-8-4-5-9-15(13)21-12-6-2-1-3-7-12/h1-11,21H,(H,18,19). The smallest absolute Gasteiger partial charge is 0.339 e. The molecule has 3 nitrogen and oxygen atoms in total. The molecular weight excluding hydrogens is 283 g/mol. The largest absolute Gasteiger partial charge is 0.478 e. The van der Waals surface area contributed by atoms with Crippen molar-refractivity contribution in [2.24, 2.45) is 0 Å². The molecule has 1 N–H and O–H groups in total. The van der Waals surface area contributed by atoms with Crippen LogP contribution in [-0.4, -0.2) is 11.1 Å². The molecule has 21 heavy (non-hydrogen) atoms. The van der Waals surface area contributed by atoms with Gasteiger partial charge in [0.25, 0.3) is 0 Å². The maximum atomic E-state index is 11.3. The predicted octanol–water partition coefficient (Wildman–Crippen LogP) is 3.27. The monoisotopic (exact) mass is 296 g/mol. The molecule has 1 aromatic heterocycles. The minimum Gasteiger partial charge on any atom is -0.478 e. The van der Waals surface area contributed by atoms with Crippen LogP contribution in [0.15, 0.2) is 71.3 Å². The summed E-state index contributed by atoms with van der Waals surface area (Å²) < 4.78 is 5.41. The second-order valence-electron chi connectivity index (χ2n) is 4.51. The van der Waals surface area contributed by atoms with Gasteiger partial charge in [-0.1, -0.05) is 63.2 Å². The number of carboxylic acids is 1. The number of hydrogen-bond donors (Lipinski definition) is 1. The lowest BCUT2D eigenvalue weighted by molar-refractivity contribution is 0.0697. The number of furan rings is 1. The summed E-state index contributed by atoms with van der Waals surface area (Å²) in [5.74, 6) is -0.557. The van der Waals surface area contributed by atoms with E-state index >= 15 is 0 Å². The van der Waals surface area contributed by atoms with E-state index in [1.807, 2.05) is 42.5 Å². The Kier molecular flexibility index (Phi) is 3.85. The van der Waals surface area contributed by atoms with Crippen LogP contribution in [0, 0.1) is 0 Å². The van der Waals surface area contributed by atoms with Crippen molar-refractivity contribution in [3.05, 3.63) is 72.5 Å². The molecule has 0 saturated carbocycles. The third-order valence-corrected chi connectivity index (χ3v) is 4.45. The Morgan fingerprint density at radius 1 is 0.952 bits per heavy atom. The lowest BCUT2D eigenvalue weighted by atomic mass is 10.1. The fourth-order valence-corrected chi connectivity index (χ4v) is 3.33. The molecular formula is C17H13O3P. The van der Waals surface area contributed by atoms with Gasteiger partial charge in [0.1, 0.15) is 11.3 Å². The Morgan fingerprint density at radius 3 is 2.43 bits per heavy atom. The Labute approximate surface area is 124 Å². The SMILES string of the molecule is O=C(O)c1ccoc1-c1ccccc1Pc1ccccc1. The van der Waals surface area contributed by atoms with Crippen LogP contribution in [0.5, 0.6) is 0 Å². The Hall–Kier alpha value is -2.38. The van der Waals surface area contributed by atoms with Crippen LogP contribution < -0.4 is 10.6 Å². The normalized spacial score (nSPS) is 11.0. The second kappa shape index (κ2) is 5.94. The summed E-state index contributed by atoms with van der Waals surface area (Å²) in [6.45, 7) is 0. The zero-order valence-electron chi connectivity index (χ0n) is 11.1. The third-order valence-electron chi connectivity index (χ3n) is 3.12. The molecule has 1 unspecified atom stereocenters. The van der Waals surface area contributed by atoms with Gasteiger partial charge in [0, 0.05) is 5.56 Å². The van der Waals surface area contributed by atoms with Gasteiger partial charge in [0.05, 0.1) is 6.26 Å². The summed E-state index contributed by atoms with van der Waals surface area (Å²) >= 11 is 0. The first-order valence-corrected chi connectivity index (χ1v) is 7.48. The van der Waals surface area contributed by atoms with E-state index < -0.39 is 5.97 Å². The highest BCUT2D eigenvalue weighted by molar-refractivity contribution is 7.55. The zero-order valence-corrected chi connectivity index (χ0v) is 12.1. The molecule has 1 heterocycles. The van der Waals surface area contributed by atoms with Gasteiger partial charge in [0.15, 0.2) is 0 Å². The number of carbonyl (C=O) groups is 1. The number of carboxylic acid groups (broad SMARTS) is 1. The molecule has 0 saturated heterocycles. The molecule has 0 amide bonds. The summed E-state index contributed by atoms with van der Waals surface area (Å²) in [4.78, 5) is 11.3. The fourth-order valence-electron chi connectivity index (χ4n) is 2.15. The molecule has 4 heteroatoms. The van der Waals surface area contributed by atoms with Crippen LogP contribution in [0.1, 0.15) is 10.4 Å². The highest BCUT2D eigenvalue weighted by Crippen LogP contribution is 2.27. The first kappa shape index (κ1) is 13.6. The van der Waals surface area contributed by atoms with Crippen LogP contribution in [0.4, 0.5) is 0 Å². The van der Waals surface area contributed by atoms with Crippen LogP contribution in [0.25, 0.3) is 11.3 Å². The lowest BCUT2D eigenvalue weighted by Gasteiger charge is -2.08. The molecule has 0 aliphatic rings. The van der Waals surface area contributed by atoms with Crippen molar-refractivity contribution in [3.63, 3.8) is 0 Å². The number of benzene rings is 2. The van der Waals surface area contributed by atoms with E-state index in [4.69, 9.17) is 4.42 Å². The molecule has 0 radical (unpaired) electrons. The third kappa shape index (κ3) is 2.88. The second-order valence-corrected chi connectivity index (χ2v) is 5.87. The Bertz CT molecular complexity index is 762. The van der Waals surface area contributed by atoms with Crippen LogP contribution in [-0.2, 0) is 0 Å². The van der Waals surface area contributed by atoms with Gasteiger partial charge in [-0.05, 0) is 16.7 Å². The van der Waals surface area contributed by atoms with Gasteiger partial charge in [-0.3, -0.25) is 0 Å². The molecule has 0 fully saturated rings. The highest BCUT2D eigenvalue weighted by atomic mass is 31.1. The predicted molar refractivity (Wildman–Crippen MR) is 85.1 cm³/mol. The summed E-state index contributed by atoms with van der Waals surface area (Å²) in [5.41, 5.74) is 1.03. The van der Waals surface area contributed by atoms with Gasteiger partial charge in [0.2, 0.25) is 0 Å². The first-order chi connectivity index (χ1) is 10.3. The minimum atomic E-state index is -0.975. The number of hydrogen-bond acceptors (Lipinski definition) is 2. The Morgan fingerprint density at radius 2 is 1.67 bits per heavy atom. The summed E-state index contributed by atoms with van der Waals surface area (Å²) in [6.07, 6.45) is 1.42. The molecule has 3 aromatic rings. The van der Waals surface area contributed by atoms with Gasteiger partial charge in [-0.2, -0.15) is 0 Å². The summed E-state index contributed by atoms with van der Waals surface area (Å²) in [7, 11) is 0.451. The summed E-state index contributed by atoms with van der Waals surface area (Å²) in [6, 6.07) is 19.4.